The largest absolute Gasteiger partial charge is 0.315 e. The minimum atomic E-state index is -0.454. The number of hydrogen-bond acceptors (Lipinski definition) is 4. The summed E-state index contributed by atoms with van der Waals surface area (Å²) < 4.78 is 0. The summed E-state index contributed by atoms with van der Waals surface area (Å²) in [6.07, 6.45) is 0.386. The Balaban J connectivity index is 1.86. The van der Waals surface area contributed by atoms with E-state index in [2.05, 4.69) is 17.0 Å². The van der Waals surface area contributed by atoms with E-state index in [1.807, 2.05) is 25.2 Å². The van der Waals surface area contributed by atoms with Crippen LogP contribution in [0.3, 0.4) is 0 Å². The predicted molar refractivity (Wildman–Crippen MR) is 93.9 cm³/mol. The predicted octanol–water partition coefficient (Wildman–Crippen LogP) is 3.08. The van der Waals surface area contributed by atoms with Crippen molar-refractivity contribution in [2.24, 2.45) is 0 Å². The summed E-state index contributed by atoms with van der Waals surface area (Å²) in [5.41, 5.74) is 1.87. The Morgan fingerprint density at radius 2 is 1.67 bits per heavy atom. The number of carbonyl (C=O) groups excluding carboxylic acids is 1. The first-order valence-corrected chi connectivity index (χ1v) is 7.71. The number of nitro benzene ring substituents is 1. The molecular formula is C18H21N3O3. The van der Waals surface area contributed by atoms with E-state index in [9.17, 15) is 14.9 Å². The van der Waals surface area contributed by atoms with Gasteiger partial charge in [-0.15, -0.1) is 0 Å². The van der Waals surface area contributed by atoms with Gasteiger partial charge in [0.05, 0.1) is 4.92 Å². The highest BCUT2D eigenvalue weighted by Gasteiger charge is 2.13. The molecule has 2 aromatic carbocycles. The third-order valence-corrected chi connectivity index (χ3v) is 3.82. The van der Waals surface area contributed by atoms with Crippen molar-refractivity contribution in [1.82, 2.24) is 4.90 Å². The highest BCUT2D eigenvalue weighted by atomic mass is 16.6. The number of amides is 1. The molecule has 0 unspecified atom stereocenters. The Labute approximate surface area is 141 Å². The zero-order chi connectivity index (χ0) is 17.5. The van der Waals surface area contributed by atoms with Crippen LogP contribution in [0.1, 0.15) is 12.0 Å². The molecule has 2 rings (SSSR count). The van der Waals surface area contributed by atoms with Crippen LogP contribution < -0.4 is 4.90 Å². The molecular weight excluding hydrogens is 306 g/mol. The fourth-order valence-corrected chi connectivity index (χ4v) is 2.37. The first kappa shape index (κ1) is 17.6. The molecule has 0 aromatic heterocycles. The number of benzene rings is 2. The maximum Gasteiger partial charge on any atom is 0.269 e. The zero-order valence-electron chi connectivity index (χ0n) is 13.9. The maximum atomic E-state index is 12.3. The molecule has 0 saturated carbocycles. The van der Waals surface area contributed by atoms with Crippen molar-refractivity contribution in [2.45, 2.75) is 13.0 Å². The standard InChI is InChI=1S/C18H21N3O3/c1-19(14-15-6-4-3-5-7-15)13-12-18(22)20(2)16-8-10-17(11-9-16)21(23)24/h3-11H,12-14H2,1-2H3. The van der Waals surface area contributed by atoms with Crippen LogP contribution in [0.5, 0.6) is 0 Å². The lowest BCUT2D eigenvalue weighted by atomic mass is 10.2. The van der Waals surface area contributed by atoms with E-state index in [-0.39, 0.29) is 11.6 Å². The lowest BCUT2D eigenvalue weighted by molar-refractivity contribution is -0.384. The third-order valence-electron chi connectivity index (χ3n) is 3.82. The molecule has 0 aliphatic carbocycles. The van der Waals surface area contributed by atoms with E-state index in [1.54, 1.807) is 19.2 Å². The zero-order valence-corrected chi connectivity index (χ0v) is 13.9. The van der Waals surface area contributed by atoms with Crippen LogP contribution in [0.25, 0.3) is 0 Å². The van der Waals surface area contributed by atoms with Gasteiger partial charge in [-0.05, 0) is 24.7 Å². The van der Waals surface area contributed by atoms with Crippen molar-refractivity contribution in [3.05, 3.63) is 70.3 Å². The normalized spacial score (nSPS) is 10.6. The molecule has 2 aromatic rings. The van der Waals surface area contributed by atoms with E-state index in [1.165, 1.54) is 22.6 Å². The molecule has 24 heavy (non-hydrogen) atoms. The second-order valence-corrected chi connectivity index (χ2v) is 5.70. The first-order valence-electron chi connectivity index (χ1n) is 7.71. The van der Waals surface area contributed by atoms with Crippen LogP contribution >= 0.6 is 0 Å². The topological polar surface area (TPSA) is 66.7 Å². The number of carbonyl (C=O) groups is 1. The van der Waals surface area contributed by atoms with Crippen LogP contribution in [0.2, 0.25) is 0 Å². The number of anilines is 1. The molecule has 126 valence electrons. The summed E-state index contributed by atoms with van der Waals surface area (Å²) in [6, 6.07) is 16.1. The van der Waals surface area contributed by atoms with E-state index in [4.69, 9.17) is 0 Å². The molecule has 0 aliphatic heterocycles. The number of nitrogens with zero attached hydrogens (tertiary/aromatic N) is 3. The molecule has 0 atom stereocenters. The number of rotatable bonds is 7. The minimum Gasteiger partial charge on any atom is -0.315 e. The molecule has 6 heteroatoms. The smallest absolute Gasteiger partial charge is 0.269 e. The van der Waals surface area contributed by atoms with E-state index >= 15 is 0 Å². The third kappa shape index (κ3) is 4.89. The van der Waals surface area contributed by atoms with Crippen molar-refractivity contribution in [3.8, 4) is 0 Å². The number of non-ortho nitro benzene ring substituents is 1. The Hall–Kier alpha value is -2.73. The molecule has 0 N–H and O–H groups in total. The molecule has 0 heterocycles. The first-order chi connectivity index (χ1) is 11.5. The lowest BCUT2D eigenvalue weighted by Crippen LogP contribution is -2.30. The highest BCUT2D eigenvalue weighted by molar-refractivity contribution is 5.92. The summed E-state index contributed by atoms with van der Waals surface area (Å²) in [5.74, 6) is -0.0243. The molecule has 6 nitrogen and oxygen atoms in total. The molecule has 0 aliphatic rings. The van der Waals surface area contributed by atoms with Gasteiger partial charge >= 0.3 is 0 Å². The Morgan fingerprint density at radius 1 is 1.04 bits per heavy atom. The van der Waals surface area contributed by atoms with Gasteiger partial charge in [0.1, 0.15) is 0 Å². The molecule has 0 saturated heterocycles. The molecule has 0 fully saturated rings. The summed E-state index contributed by atoms with van der Waals surface area (Å²) in [5, 5.41) is 10.7. The molecule has 1 amide bonds. The van der Waals surface area contributed by atoms with Crippen molar-refractivity contribution in [2.75, 3.05) is 25.5 Å². The fourth-order valence-electron chi connectivity index (χ4n) is 2.37. The average molecular weight is 327 g/mol. The second kappa shape index (κ2) is 8.21. The molecule has 0 bridgehead atoms. The van der Waals surface area contributed by atoms with Crippen LogP contribution in [-0.4, -0.2) is 36.4 Å². The van der Waals surface area contributed by atoms with Gasteiger partial charge in [0.2, 0.25) is 5.91 Å². The Bertz CT molecular complexity index is 686. The van der Waals surface area contributed by atoms with E-state index in [0.717, 1.165) is 6.54 Å². The summed E-state index contributed by atoms with van der Waals surface area (Å²) in [4.78, 5) is 26.1. The van der Waals surface area contributed by atoms with Gasteiger partial charge in [-0.2, -0.15) is 0 Å². The maximum absolute atomic E-state index is 12.3. The summed E-state index contributed by atoms with van der Waals surface area (Å²) >= 11 is 0. The highest BCUT2D eigenvalue weighted by Crippen LogP contribution is 2.19. The van der Waals surface area contributed by atoms with Gasteiger partial charge in [0, 0.05) is 44.4 Å². The minimum absolute atomic E-state index is 0.0159. The number of nitro groups is 1. The van der Waals surface area contributed by atoms with Gasteiger partial charge in [0.15, 0.2) is 0 Å². The summed E-state index contributed by atoms with van der Waals surface area (Å²) in [6.45, 7) is 1.43. The van der Waals surface area contributed by atoms with Crippen LogP contribution in [0.15, 0.2) is 54.6 Å². The second-order valence-electron chi connectivity index (χ2n) is 5.70. The summed E-state index contributed by atoms with van der Waals surface area (Å²) in [7, 11) is 3.66. The van der Waals surface area contributed by atoms with Crippen molar-refractivity contribution < 1.29 is 9.72 Å². The van der Waals surface area contributed by atoms with Gasteiger partial charge < -0.3 is 9.80 Å². The monoisotopic (exact) mass is 327 g/mol. The van der Waals surface area contributed by atoms with Gasteiger partial charge in [0.25, 0.3) is 5.69 Å². The molecule has 0 radical (unpaired) electrons. The van der Waals surface area contributed by atoms with Gasteiger partial charge in [-0.1, -0.05) is 30.3 Å². The SMILES string of the molecule is CN(CCC(=O)N(C)c1ccc([N+](=O)[O-])cc1)Cc1ccccc1. The van der Waals surface area contributed by atoms with Crippen LogP contribution in [0.4, 0.5) is 11.4 Å². The van der Waals surface area contributed by atoms with Crippen LogP contribution in [-0.2, 0) is 11.3 Å². The van der Waals surface area contributed by atoms with E-state index in [0.29, 0.717) is 18.7 Å². The van der Waals surface area contributed by atoms with Gasteiger partial charge in [-0.25, -0.2) is 0 Å². The number of hydrogen-bond donors (Lipinski definition) is 0. The quantitative estimate of drug-likeness (QED) is 0.579. The molecule has 0 spiro atoms. The van der Waals surface area contributed by atoms with Crippen molar-refractivity contribution >= 4 is 17.3 Å². The van der Waals surface area contributed by atoms with Crippen molar-refractivity contribution in [1.29, 1.82) is 0 Å². The van der Waals surface area contributed by atoms with Crippen LogP contribution in [0, 0.1) is 10.1 Å². The lowest BCUT2D eigenvalue weighted by Gasteiger charge is -2.20. The van der Waals surface area contributed by atoms with Gasteiger partial charge in [-0.3, -0.25) is 14.9 Å². The average Bonchev–Trinajstić information content (AvgIpc) is 2.60. The van der Waals surface area contributed by atoms with E-state index < -0.39 is 4.92 Å². The fraction of sp³-hybridized carbons (Fsp3) is 0.278. The Morgan fingerprint density at radius 3 is 2.25 bits per heavy atom. The van der Waals surface area contributed by atoms with Crippen molar-refractivity contribution in [3.63, 3.8) is 0 Å². The Kier molecular flexibility index (Phi) is 6.03.